The van der Waals surface area contributed by atoms with Gasteiger partial charge in [-0.1, -0.05) is 66.7 Å². The van der Waals surface area contributed by atoms with Gasteiger partial charge in [-0.05, 0) is 42.4 Å². The van der Waals surface area contributed by atoms with E-state index in [0.29, 0.717) is 13.1 Å². The van der Waals surface area contributed by atoms with Crippen molar-refractivity contribution >= 4 is 35.4 Å². The number of carbonyl (C=O) groups is 2. The van der Waals surface area contributed by atoms with Crippen LogP contribution in [0.3, 0.4) is 0 Å². The summed E-state index contributed by atoms with van der Waals surface area (Å²) >= 11 is 1.54. The molecule has 0 spiro atoms. The number of ether oxygens (including phenoxy) is 2. The number of carbonyl (C=O) groups excluding carboxylic acids is 2. The zero-order chi connectivity index (χ0) is 26.2. The molecule has 2 atom stereocenters. The molecule has 1 aliphatic heterocycles. The Labute approximate surface area is 222 Å². The van der Waals surface area contributed by atoms with Gasteiger partial charge in [0.05, 0.1) is 18.0 Å². The summed E-state index contributed by atoms with van der Waals surface area (Å²) in [5, 5.41) is -0.389. The van der Waals surface area contributed by atoms with E-state index in [1.807, 2.05) is 73.8 Å². The van der Waals surface area contributed by atoms with Crippen LogP contribution >= 0.6 is 11.8 Å². The lowest BCUT2D eigenvalue weighted by molar-refractivity contribution is -0.152. The zero-order valence-corrected chi connectivity index (χ0v) is 22.2. The molecular formula is C30H32N2O4S. The number of thioether (sulfide) groups is 1. The van der Waals surface area contributed by atoms with E-state index in [1.165, 1.54) is 6.92 Å². The van der Waals surface area contributed by atoms with Crippen molar-refractivity contribution in [2.24, 2.45) is 0 Å². The molecule has 0 fully saturated rings. The van der Waals surface area contributed by atoms with Gasteiger partial charge in [0.15, 0.2) is 6.10 Å². The predicted octanol–water partition coefficient (Wildman–Crippen LogP) is 5.45. The highest BCUT2D eigenvalue weighted by Gasteiger charge is 2.40. The summed E-state index contributed by atoms with van der Waals surface area (Å²) in [6, 6.07) is 25.6. The number of methoxy groups -OCH3 is 1. The van der Waals surface area contributed by atoms with Gasteiger partial charge in [0.1, 0.15) is 5.75 Å². The van der Waals surface area contributed by atoms with Crippen molar-refractivity contribution in [3.63, 3.8) is 0 Å². The van der Waals surface area contributed by atoms with Crippen LogP contribution in [0.2, 0.25) is 0 Å². The molecule has 0 N–H and O–H groups in total. The second-order valence-corrected chi connectivity index (χ2v) is 10.1. The summed E-state index contributed by atoms with van der Waals surface area (Å²) in [6.07, 6.45) is 3.26. The van der Waals surface area contributed by atoms with Gasteiger partial charge in [-0.2, -0.15) is 0 Å². The molecular weight excluding hydrogens is 484 g/mol. The van der Waals surface area contributed by atoms with Crippen molar-refractivity contribution in [2.75, 3.05) is 38.7 Å². The van der Waals surface area contributed by atoms with Crippen molar-refractivity contribution in [1.29, 1.82) is 0 Å². The first-order valence-electron chi connectivity index (χ1n) is 12.2. The van der Waals surface area contributed by atoms with E-state index >= 15 is 0 Å². The first-order valence-corrected chi connectivity index (χ1v) is 13.1. The van der Waals surface area contributed by atoms with E-state index in [0.717, 1.165) is 34.0 Å². The molecule has 0 saturated heterocycles. The highest BCUT2D eigenvalue weighted by atomic mass is 32.2. The van der Waals surface area contributed by atoms with E-state index in [1.54, 1.807) is 23.8 Å². The highest BCUT2D eigenvalue weighted by Crippen LogP contribution is 2.46. The van der Waals surface area contributed by atoms with Crippen molar-refractivity contribution < 1.29 is 19.1 Å². The summed E-state index contributed by atoms with van der Waals surface area (Å²) in [6.45, 7) is 3.22. The third-order valence-corrected chi connectivity index (χ3v) is 7.54. The number of nitrogens with zero attached hydrogens (tertiary/aromatic N) is 2. The van der Waals surface area contributed by atoms with Crippen molar-refractivity contribution in [2.45, 2.75) is 23.2 Å². The Morgan fingerprint density at radius 2 is 1.73 bits per heavy atom. The van der Waals surface area contributed by atoms with Crippen molar-refractivity contribution in [1.82, 2.24) is 4.90 Å². The van der Waals surface area contributed by atoms with Crippen LogP contribution in [-0.2, 0) is 14.3 Å². The SMILES string of the molecule is COc1ccc([C@H]2Sc3ccccc3N(CCN(C)CC=Cc3ccccc3)C(=O)[C@H]2OC(C)=O)cc1. The molecule has 4 rings (SSSR count). The number of hydrogen-bond donors (Lipinski definition) is 0. The fourth-order valence-corrected chi connectivity index (χ4v) is 5.55. The van der Waals surface area contributed by atoms with E-state index in [4.69, 9.17) is 9.47 Å². The van der Waals surface area contributed by atoms with Crippen LogP contribution in [0.1, 0.15) is 23.3 Å². The standard InChI is InChI=1S/C30H32N2O4S/c1-22(33)36-28-29(24-15-17-25(35-3)18-16-24)37-27-14-8-7-13-26(27)32(30(28)34)21-20-31(2)19-9-12-23-10-5-4-6-11-23/h4-18,28-29H,19-21H2,1-3H3/t28-,29+/m0/s1. The summed E-state index contributed by atoms with van der Waals surface area (Å²) in [4.78, 5) is 30.9. The minimum Gasteiger partial charge on any atom is -0.497 e. The fourth-order valence-electron chi connectivity index (χ4n) is 4.23. The number of esters is 1. The Bertz CT molecular complexity index is 1230. The average molecular weight is 517 g/mol. The summed E-state index contributed by atoms with van der Waals surface area (Å²) < 4.78 is 11.0. The molecule has 1 heterocycles. The van der Waals surface area contributed by atoms with Crippen LogP contribution in [0.5, 0.6) is 5.75 Å². The molecule has 3 aromatic carbocycles. The summed E-state index contributed by atoms with van der Waals surface area (Å²) in [5.74, 6) is 0.0253. The first kappa shape index (κ1) is 26.5. The Hall–Kier alpha value is -3.55. The molecule has 192 valence electrons. The molecule has 1 aliphatic rings. The van der Waals surface area contributed by atoms with Gasteiger partial charge in [0.25, 0.3) is 5.91 Å². The second kappa shape index (κ2) is 12.6. The largest absolute Gasteiger partial charge is 0.497 e. The topological polar surface area (TPSA) is 59.1 Å². The quantitative estimate of drug-likeness (QED) is 0.353. The second-order valence-electron chi connectivity index (χ2n) is 8.87. The lowest BCUT2D eigenvalue weighted by Gasteiger charge is -2.29. The summed E-state index contributed by atoms with van der Waals surface area (Å²) in [5.41, 5.74) is 2.88. The van der Waals surface area contributed by atoms with Crippen LogP contribution in [0.15, 0.2) is 89.8 Å². The molecule has 6 nitrogen and oxygen atoms in total. The molecule has 0 aromatic heterocycles. The van der Waals surface area contributed by atoms with Gasteiger partial charge in [-0.25, -0.2) is 0 Å². The van der Waals surface area contributed by atoms with Gasteiger partial charge in [-0.15, -0.1) is 11.8 Å². The molecule has 1 amide bonds. The number of benzene rings is 3. The van der Waals surface area contributed by atoms with E-state index in [2.05, 4.69) is 29.2 Å². The predicted molar refractivity (Wildman–Crippen MR) is 149 cm³/mol. The van der Waals surface area contributed by atoms with Crippen LogP contribution < -0.4 is 9.64 Å². The zero-order valence-electron chi connectivity index (χ0n) is 21.4. The van der Waals surface area contributed by atoms with Crippen LogP contribution in [0.25, 0.3) is 6.08 Å². The van der Waals surface area contributed by atoms with E-state index in [9.17, 15) is 9.59 Å². The Balaban J connectivity index is 1.56. The van der Waals surface area contributed by atoms with Gasteiger partial charge in [0, 0.05) is 31.5 Å². The number of para-hydroxylation sites is 1. The molecule has 3 aromatic rings. The van der Waals surface area contributed by atoms with Crippen molar-refractivity contribution in [3.8, 4) is 5.75 Å². The van der Waals surface area contributed by atoms with Crippen LogP contribution in [0.4, 0.5) is 5.69 Å². The number of fused-ring (bicyclic) bond motifs is 1. The van der Waals surface area contributed by atoms with Gasteiger partial charge >= 0.3 is 5.97 Å². The van der Waals surface area contributed by atoms with Crippen LogP contribution in [-0.4, -0.2) is 56.7 Å². The number of amides is 1. The van der Waals surface area contributed by atoms with Gasteiger partial charge < -0.3 is 19.3 Å². The van der Waals surface area contributed by atoms with Crippen LogP contribution in [0, 0.1) is 0 Å². The maximum Gasteiger partial charge on any atom is 0.303 e. The maximum atomic E-state index is 13.9. The Morgan fingerprint density at radius 3 is 2.43 bits per heavy atom. The average Bonchev–Trinajstić information content (AvgIpc) is 3.02. The monoisotopic (exact) mass is 516 g/mol. The molecule has 37 heavy (non-hydrogen) atoms. The minimum absolute atomic E-state index is 0.221. The molecule has 0 aliphatic carbocycles. The molecule has 0 bridgehead atoms. The number of anilines is 1. The Kier molecular flexibility index (Phi) is 9.04. The molecule has 0 radical (unpaired) electrons. The lowest BCUT2D eigenvalue weighted by atomic mass is 10.1. The lowest BCUT2D eigenvalue weighted by Crippen LogP contribution is -2.45. The van der Waals surface area contributed by atoms with Gasteiger partial charge in [-0.3, -0.25) is 9.59 Å². The fraction of sp³-hybridized carbons (Fsp3) is 0.267. The highest BCUT2D eigenvalue weighted by molar-refractivity contribution is 7.99. The molecule has 0 unspecified atom stereocenters. The van der Waals surface area contributed by atoms with Gasteiger partial charge in [0.2, 0.25) is 0 Å². The number of rotatable bonds is 9. The minimum atomic E-state index is -0.952. The Morgan fingerprint density at radius 1 is 1.03 bits per heavy atom. The molecule has 0 saturated carbocycles. The normalized spacial score (nSPS) is 17.5. The maximum absolute atomic E-state index is 13.9. The number of likely N-dealkylation sites (N-methyl/N-ethyl adjacent to an activating group) is 1. The smallest absolute Gasteiger partial charge is 0.303 e. The van der Waals surface area contributed by atoms with Crippen molar-refractivity contribution in [3.05, 3.63) is 96.1 Å². The number of hydrogen-bond acceptors (Lipinski definition) is 6. The third-order valence-electron chi connectivity index (χ3n) is 6.16. The van der Waals surface area contributed by atoms with E-state index < -0.39 is 12.1 Å². The third kappa shape index (κ3) is 6.81. The summed E-state index contributed by atoms with van der Waals surface area (Å²) in [7, 11) is 3.64. The first-order chi connectivity index (χ1) is 18.0. The molecule has 7 heteroatoms. The van der Waals surface area contributed by atoms with E-state index in [-0.39, 0.29) is 11.2 Å².